The summed E-state index contributed by atoms with van der Waals surface area (Å²) >= 11 is 0. The molecule has 0 fully saturated rings. The predicted molar refractivity (Wildman–Crippen MR) is 88.6 cm³/mol. The van der Waals surface area contributed by atoms with Gasteiger partial charge in [0.25, 0.3) is 0 Å². The van der Waals surface area contributed by atoms with Crippen LogP contribution in [0.2, 0.25) is 0 Å². The second-order valence-electron chi connectivity index (χ2n) is 4.65. The van der Waals surface area contributed by atoms with E-state index < -0.39 is 10.8 Å². The maximum Gasteiger partial charge on any atom is 0.0427 e. The van der Waals surface area contributed by atoms with Gasteiger partial charge in [0.15, 0.2) is 0 Å². The summed E-state index contributed by atoms with van der Waals surface area (Å²) in [5, 5.41) is 1.81. The van der Waals surface area contributed by atoms with Crippen molar-refractivity contribution in [1.82, 2.24) is 0 Å². The van der Waals surface area contributed by atoms with Gasteiger partial charge in [-0.2, -0.15) is 0 Å². The van der Waals surface area contributed by atoms with Crippen molar-refractivity contribution in [3.8, 4) is 0 Å². The largest absolute Gasteiger partial charge is 0.255 e. The van der Waals surface area contributed by atoms with Gasteiger partial charge in [-0.15, -0.1) is 0 Å². The molecule has 0 heterocycles. The summed E-state index contributed by atoms with van der Waals surface area (Å²) in [6.07, 6.45) is 2.39. The summed E-state index contributed by atoms with van der Waals surface area (Å²) in [6.45, 7) is 4.16. The molecule has 0 amide bonds. The molecule has 102 valence electrons. The molecule has 0 N–H and O–H groups in total. The lowest BCUT2D eigenvalue weighted by Gasteiger charge is -2.10. The Labute approximate surface area is 123 Å². The maximum absolute atomic E-state index is 11.6. The molecule has 0 saturated heterocycles. The zero-order valence-corrected chi connectivity index (χ0v) is 12.4. The molecule has 1 nitrogen and oxygen atoms in total. The van der Waals surface area contributed by atoms with Crippen LogP contribution in [-0.2, 0) is 10.8 Å². The van der Waals surface area contributed by atoms with Gasteiger partial charge in [0.1, 0.15) is 0 Å². The zero-order chi connectivity index (χ0) is 14.4. The molecule has 2 rings (SSSR count). The highest BCUT2D eigenvalue weighted by atomic mass is 32.2. The van der Waals surface area contributed by atoms with Crippen molar-refractivity contribution in [3.63, 3.8) is 0 Å². The molecular formula is C18H18OS. The Morgan fingerprint density at radius 2 is 1.50 bits per heavy atom. The van der Waals surface area contributed by atoms with Crippen LogP contribution in [0, 0.1) is 0 Å². The van der Waals surface area contributed by atoms with Crippen LogP contribution >= 0.6 is 0 Å². The fourth-order valence-electron chi connectivity index (χ4n) is 2.07. The van der Waals surface area contributed by atoms with Gasteiger partial charge in [-0.3, -0.25) is 4.21 Å². The van der Waals surface area contributed by atoms with Crippen molar-refractivity contribution in [2.75, 3.05) is 6.26 Å². The highest BCUT2D eigenvalue weighted by molar-refractivity contribution is 7.87. The summed E-state index contributed by atoms with van der Waals surface area (Å²) in [7, 11) is -0.972. The highest BCUT2D eigenvalue weighted by Crippen LogP contribution is 2.27. The Bertz CT molecular complexity index is 627. The van der Waals surface area contributed by atoms with E-state index in [0.717, 1.165) is 22.3 Å². The summed E-state index contributed by atoms with van der Waals surface area (Å²) in [5.41, 5.74) is 4.31. The molecule has 2 aromatic rings. The quantitative estimate of drug-likeness (QED) is 0.788. The topological polar surface area (TPSA) is 17.1 Å². The van der Waals surface area contributed by atoms with Crippen LogP contribution in [-0.4, -0.2) is 10.5 Å². The van der Waals surface area contributed by atoms with Gasteiger partial charge in [-0.05, 0) is 28.7 Å². The van der Waals surface area contributed by atoms with Crippen LogP contribution < -0.4 is 0 Å². The third-order valence-electron chi connectivity index (χ3n) is 3.04. The fraction of sp³-hybridized carbons (Fsp3) is 0.111. The number of rotatable bonds is 5. The molecule has 0 radical (unpaired) electrons. The molecule has 0 saturated carbocycles. The van der Waals surface area contributed by atoms with Crippen LogP contribution in [0.15, 0.2) is 72.7 Å². The Hall–Kier alpha value is -1.93. The summed E-state index contributed by atoms with van der Waals surface area (Å²) in [5.74, 6) is 0. The van der Waals surface area contributed by atoms with Gasteiger partial charge in [-0.25, -0.2) is 0 Å². The lowest BCUT2D eigenvalue weighted by atomic mass is 9.96. The molecule has 2 heteroatoms. The molecule has 0 aliphatic heterocycles. The molecule has 0 aromatic heterocycles. The maximum atomic E-state index is 11.6. The monoisotopic (exact) mass is 282 g/mol. The van der Waals surface area contributed by atoms with Crippen molar-refractivity contribution >= 4 is 21.9 Å². The first-order chi connectivity index (χ1) is 9.66. The van der Waals surface area contributed by atoms with E-state index in [1.54, 1.807) is 6.26 Å². The van der Waals surface area contributed by atoms with E-state index in [4.69, 9.17) is 0 Å². The van der Waals surface area contributed by atoms with Gasteiger partial charge in [-0.1, -0.05) is 67.2 Å². The second-order valence-corrected chi connectivity index (χ2v) is 5.89. The van der Waals surface area contributed by atoms with E-state index in [1.165, 1.54) is 0 Å². The van der Waals surface area contributed by atoms with Crippen molar-refractivity contribution in [2.24, 2.45) is 0 Å². The second kappa shape index (κ2) is 7.01. The Morgan fingerprint density at radius 1 is 1.00 bits per heavy atom. The van der Waals surface area contributed by atoms with Gasteiger partial charge in [0.05, 0.1) is 0 Å². The minimum Gasteiger partial charge on any atom is -0.255 e. The third kappa shape index (κ3) is 4.04. The standard InChI is InChI=1S/C18H18OS/c1-15(16-9-5-3-6-10-16)13-18(14-20(2)19)17-11-7-4-8-12-17/h3-12,14H,1,13H2,2H3/b18-14+. The zero-order valence-electron chi connectivity index (χ0n) is 11.6. The van der Waals surface area contributed by atoms with E-state index in [1.807, 2.05) is 66.1 Å². The fourth-order valence-corrected chi connectivity index (χ4v) is 2.69. The lowest BCUT2D eigenvalue weighted by Crippen LogP contribution is -1.91. The van der Waals surface area contributed by atoms with Gasteiger partial charge < -0.3 is 0 Å². The lowest BCUT2D eigenvalue weighted by molar-refractivity contribution is 0.692. The first kappa shape index (κ1) is 14.5. The van der Waals surface area contributed by atoms with Crippen LogP contribution in [0.5, 0.6) is 0 Å². The minimum atomic E-state index is -0.972. The van der Waals surface area contributed by atoms with Crippen molar-refractivity contribution < 1.29 is 4.21 Å². The van der Waals surface area contributed by atoms with Gasteiger partial charge >= 0.3 is 0 Å². The molecule has 0 aliphatic carbocycles. The summed E-state index contributed by atoms with van der Waals surface area (Å²) in [6, 6.07) is 20.1. The SMILES string of the molecule is C=C(C/C(=C\S(C)=O)c1ccccc1)c1ccccc1. The van der Waals surface area contributed by atoms with Crippen molar-refractivity contribution in [3.05, 3.63) is 83.8 Å². The van der Waals surface area contributed by atoms with Crippen LogP contribution in [0.1, 0.15) is 17.5 Å². The third-order valence-corrected chi connectivity index (χ3v) is 3.66. The average molecular weight is 282 g/mol. The number of benzene rings is 2. The van der Waals surface area contributed by atoms with E-state index in [-0.39, 0.29) is 0 Å². The molecule has 0 bridgehead atoms. The molecular weight excluding hydrogens is 264 g/mol. The number of hydrogen-bond acceptors (Lipinski definition) is 1. The van der Waals surface area contributed by atoms with E-state index in [0.29, 0.717) is 6.42 Å². The van der Waals surface area contributed by atoms with Gasteiger partial charge in [0.2, 0.25) is 0 Å². The molecule has 2 aromatic carbocycles. The highest BCUT2D eigenvalue weighted by Gasteiger charge is 2.06. The van der Waals surface area contributed by atoms with E-state index in [2.05, 4.69) is 6.58 Å². The summed E-state index contributed by atoms with van der Waals surface area (Å²) < 4.78 is 11.6. The Balaban J connectivity index is 2.26. The van der Waals surface area contributed by atoms with Crippen molar-refractivity contribution in [1.29, 1.82) is 0 Å². The molecule has 0 aliphatic rings. The Morgan fingerprint density at radius 3 is 2.00 bits per heavy atom. The Kier molecular flexibility index (Phi) is 5.08. The smallest absolute Gasteiger partial charge is 0.0427 e. The van der Waals surface area contributed by atoms with Gasteiger partial charge in [0, 0.05) is 22.5 Å². The minimum absolute atomic E-state index is 0.702. The number of allylic oxidation sites excluding steroid dienone is 2. The summed E-state index contributed by atoms with van der Waals surface area (Å²) in [4.78, 5) is 0. The van der Waals surface area contributed by atoms with Crippen LogP contribution in [0.25, 0.3) is 11.1 Å². The van der Waals surface area contributed by atoms with E-state index in [9.17, 15) is 4.21 Å². The first-order valence-electron chi connectivity index (χ1n) is 6.48. The van der Waals surface area contributed by atoms with Crippen LogP contribution in [0.4, 0.5) is 0 Å². The molecule has 0 spiro atoms. The molecule has 1 atom stereocenters. The van der Waals surface area contributed by atoms with E-state index >= 15 is 0 Å². The van der Waals surface area contributed by atoms with Crippen molar-refractivity contribution in [2.45, 2.75) is 6.42 Å². The predicted octanol–water partition coefficient (Wildman–Crippen LogP) is 4.51. The molecule has 20 heavy (non-hydrogen) atoms. The average Bonchev–Trinajstić information content (AvgIpc) is 2.48. The normalized spacial score (nSPS) is 12.9. The first-order valence-corrected chi connectivity index (χ1v) is 8.10. The molecule has 1 unspecified atom stereocenters. The van der Waals surface area contributed by atoms with Crippen LogP contribution in [0.3, 0.4) is 0 Å². The number of hydrogen-bond donors (Lipinski definition) is 0.